The molecule has 4 nitrogen and oxygen atoms in total. The van der Waals surface area contributed by atoms with E-state index in [1.54, 1.807) is 31.2 Å². The molecule has 0 spiro atoms. The van der Waals surface area contributed by atoms with Crippen LogP contribution in [0.15, 0.2) is 59.6 Å². The molecule has 2 N–H and O–H groups in total. The molecule has 25 heavy (non-hydrogen) atoms. The van der Waals surface area contributed by atoms with Crippen molar-refractivity contribution in [3.05, 3.63) is 71.9 Å². The van der Waals surface area contributed by atoms with Crippen LogP contribution in [0.1, 0.15) is 5.56 Å². The van der Waals surface area contributed by atoms with Crippen molar-refractivity contribution < 1.29 is 17.2 Å². The van der Waals surface area contributed by atoms with Crippen molar-refractivity contribution in [2.75, 3.05) is 0 Å². The third-order valence-corrected chi connectivity index (χ3v) is 4.72. The molecule has 3 rings (SSSR count). The number of halogens is 2. The predicted octanol–water partition coefficient (Wildman–Crippen LogP) is 3.65. The van der Waals surface area contributed by atoms with E-state index >= 15 is 0 Å². The van der Waals surface area contributed by atoms with Crippen molar-refractivity contribution in [1.82, 2.24) is 4.98 Å². The molecule has 1 heterocycles. The Bertz CT molecular complexity index is 1070. The second kappa shape index (κ2) is 6.34. The molecule has 0 saturated heterocycles. The molecule has 1 aromatic heterocycles. The van der Waals surface area contributed by atoms with Crippen LogP contribution in [0.25, 0.3) is 22.4 Å². The maximum absolute atomic E-state index is 14.3. The quantitative estimate of drug-likeness (QED) is 0.775. The fraction of sp³-hybridized carbons (Fsp3) is 0.0556. The first-order chi connectivity index (χ1) is 11.8. The van der Waals surface area contributed by atoms with Gasteiger partial charge >= 0.3 is 0 Å². The van der Waals surface area contributed by atoms with E-state index < -0.39 is 21.7 Å². The Balaban J connectivity index is 2.25. The van der Waals surface area contributed by atoms with Crippen molar-refractivity contribution >= 4 is 10.0 Å². The van der Waals surface area contributed by atoms with Gasteiger partial charge in [0.05, 0.1) is 10.6 Å². The standard InChI is InChI=1S/C18H14F2N2O2S/c1-11-4-5-12(9-17(11)20)14-3-2-8-22-18(14)15-10-13(25(21,23)24)6-7-16(15)19/h2-10H,1H3,(H2,21,23,24). The lowest BCUT2D eigenvalue weighted by atomic mass is 9.98. The molecule has 0 fully saturated rings. The van der Waals surface area contributed by atoms with Crippen molar-refractivity contribution in [3.63, 3.8) is 0 Å². The number of hydrogen-bond donors (Lipinski definition) is 1. The van der Waals surface area contributed by atoms with Crippen molar-refractivity contribution in [1.29, 1.82) is 0 Å². The summed E-state index contributed by atoms with van der Waals surface area (Å²) in [4.78, 5) is 3.94. The summed E-state index contributed by atoms with van der Waals surface area (Å²) in [6, 6.07) is 11.2. The fourth-order valence-corrected chi connectivity index (χ4v) is 3.02. The molecular weight excluding hydrogens is 346 g/mol. The molecule has 0 radical (unpaired) electrons. The number of primary sulfonamides is 1. The van der Waals surface area contributed by atoms with Crippen LogP contribution in [0.4, 0.5) is 8.78 Å². The summed E-state index contributed by atoms with van der Waals surface area (Å²) in [7, 11) is -3.99. The molecule has 0 unspecified atom stereocenters. The average Bonchev–Trinajstić information content (AvgIpc) is 2.57. The number of aryl methyl sites for hydroxylation is 1. The highest BCUT2D eigenvalue weighted by Gasteiger charge is 2.17. The molecule has 0 aliphatic heterocycles. The molecule has 0 bridgehead atoms. The van der Waals surface area contributed by atoms with E-state index in [9.17, 15) is 17.2 Å². The number of nitrogens with zero attached hydrogens (tertiary/aromatic N) is 1. The number of rotatable bonds is 3. The summed E-state index contributed by atoms with van der Waals surface area (Å²) >= 11 is 0. The molecule has 0 atom stereocenters. The largest absolute Gasteiger partial charge is 0.255 e. The molecule has 0 amide bonds. The third-order valence-electron chi connectivity index (χ3n) is 3.81. The summed E-state index contributed by atoms with van der Waals surface area (Å²) in [6.07, 6.45) is 1.45. The molecule has 2 aromatic carbocycles. The van der Waals surface area contributed by atoms with Gasteiger partial charge in [-0.3, -0.25) is 4.98 Å². The third kappa shape index (κ3) is 3.42. The molecule has 128 valence electrons. The zero-order chi connectivity index (χ0) is 18.2. The lowest BCUT2D eigenvalue weighted by molar-refractivity contribution is 0.596. The van der Waals surface area contributed by atoms with Crippen LogP contribution in [-0.2, 0) is 10.0 Å². The molecular formula is C18H14F2N2O2S. The second-order valence-corrected chi connectivity index (χ2v) is 7.11. The Morgan fingerprint density at radius 2 is 1.72 bits per heavy atom. The van der Waals surface area contributed by atoms with E-state index in [2.05, 4.69) is 4.98 Å². The van der Waals surface area contributed by atoms with Gasteiger partial charge in [0.1, 0.15) is 11.6 Å². The molecule has 0 saturated carbocycles. The number of hydrogen-bond acceptors (Lipinski definition) is 3. The number of sulfonamides is 1. The Labute approximate surface area is 144 Å². The first-order valence-corrected chi connectivity index (χ1v) is 8.86. The Kier molecular flexibility index (Phi) is 4.36. The highest BCUT2D eigenvalue weighted by molar-refractivity contribution is 7.89. The van der Waals surface area contributed by atoms with Crippen LogP contribution in [0, 0.1) is 18.6 Å². The van der Waals surface area contributed by atoms with Crippen LogP contribution < -0.4 is 5.14 Å². The monoisotopic (exact) mass is 360 g/mol. The normalized spacial score (nSPS) is 11.5. The molecule has 0 aliphatic rings. The van der Waals surface area contributed by atoms with E-state index in [0.717, 1.165) is 18.2 Å². The van der Waals surface area contributed by atoms with Crippen LogP contribution >= 0.6 is 0 Å². The van der Waals surface area contributed by atoms with Crippen LogP contribution in [-0.4, -0.2) is 13.4 Å². The molecule has 3 aromatic rings. The zero-order valence-electron chi connectivity index (χ0n) is 13.2. The van der Waals surface area contributed by atoms with Gasteiger partial charge in [0, 0.05) is 17.3 Å². The van der Waals surface area contributed by atoms with E-state index in [4.69, 9.17) is 5.14 Å². The van der Waals surface area contributed by atoms with E-state index in [1.807, 2.05) is 0 Å². The fourth-order valence-electron chi connectivity index (χ4n) is 2.48. The first-order valence-electron chi connectivity index (χ1n) is 7.31. The Morgan fingerprint density at radius 3 is 2.40 bits per heavy atom. The van der Waals surface area contributed by atoms with Crippen molar-refractivity contribution in [2.24, 2.45) is 5.14 Å². The molecule has 7 heteroatoms. The summed E-state index contributed by atoms with van der Waals surface area (Å²) in [6.45, 7) is 1.64. The lowest BCUT2D eigenvalue weighted by Crippen LogP contribution is -2.12. The van der Waals surface area contributed by atoms with Gasteiger partial charge in [-0.1, -0.05) is 18.2 Å². The lowest BCUT2D eigenvalue weighted by Gasteiger charge is -2.11. The van der Waals surface area contributed by atoms with Crippen LogP contribution in [0.3, 0.4) is 0 Å². The maximum Gasteiger partial charge on any atom is 0.238 e. The maximum atomic E-state index is 14.3. The van der Waals surface area contributed by atoms with E-state index in [0.29, 0.717) is 16.7 Å². The summed E-state index contributed by atoms with van der Waals surface area (Å²) in [5.74, 6) is -1.05. The summed E-state index contributed by atoms with van der Waals surface area (Å²) in [5.41, 5.74) is 1.65. The van der Waals surface area contributed by atoms with Gasteiger partial charge in [0.25, 0.3) is 0 Å². The van der Waals surface area contributed by atoms with Gasteiger partial charge in [0.2, 0.25) is 10.0 Å². The number of benzene rings is 2. The van der Waals surface area contributed by atoms with Gasteiger partial charge in [-0.2, -0.15) is 0 Å². The van der Waals surface area contributed by atoms with Gasteiger partial charge in [-0.05, 0) is 48.4 Å². The highest BCUT2D eigenvalue weighted by Crippen LogP contribution is 2.33. The summed E-state index contributed by atoms with van der Waals surface area (Å²) in [5, 5.41) is 5.12. The Morgan fingerprint density at radius 1 is 0.960 bits per heavy atom. The topological polar surface area (TPSA) is 73.0 Å². The predicted molar refractivity (Wildman–Crippen MR) is 91.1 cm³/mol. The number of aromatic nitrogens is 1. The average molecular weight is 360 g/mol. The Hall–Kier alpha value is -2.64. The van der Waals surface area contributed by atoms with Gasteiger partial charge in [-0.15, -0.1) is 0 Å². The van der Waals surface area contributed by atoms with Gasteiger partial charge in [-0.25, -0.2) is 22.3 Å². The minimum Gasteiger partial charge on any atom is -0.255 e. The van der Waals surface area contributed by atoms with Gasteiger partial charge in [0.15, 0.2) is 0 Å². The summed E-state index contributed by atoms with van der Waals surface area (Å²) < 4.78 is 51.3. The first kappa shape index (κ1) is 17.2. The van der Waals surface area contributed by atoms with E-state index in [1.165, 1.54) is 12.3 Å². The zero-order valence-corrected chi connectivity index (χ0v) is 14.0. The minimum absolute atomic E-state index is 0.0249. The second-order valence-electron chi connectivity index (χ2n) is 5.55. The SMILES string of the molecule is Cc1ccc(-c2cccnc2-c2cc(S(N)(=O)=O)ccc2F)cc1F. The van der Waals surface area contributed by atoms with E-state index in [-0.39, 0.29) is 16.2 Å². The highest BCUT2D eigenvalue weighted by atomic mass is 32.2. The number of nitrogens with two attached hydrogens (primary N) is 1. The van der Waals surface area contributed by atoms with Crippen molar-refractivity contribution in [2.45, 2.75) is 11.8 Å². The number of pyridine rings is 1. The van der Waals surface area contributed by atoms with Crippen LogP contribution in [0.2, 0.25) is 0 Å². The van der Waals surface area contributed by atoms with Crippen molar-refractivity contribution in [3.8, 4) is 22.4 Å². The minimum atomic E-state index is -3.99. The molecule has 0 aliphatic carbocycles. The van der Waals surface area contributed by atoms with Gasteiger partial charge < -0.3 is 0 Å². The van der Waals surface area contributed by atoms with Crippen LogP contribution in [0.5, 0.6) is 0 Å². The smallest absolute Gasteiger partial charge is 0.238 e.